The van der Waals surface area contributed by atoms with Crippen molar-refractivity contribution in [3.05, 3.63) is 69.2 Å². The third-order valence-electron chi connectivity index (χ3n) is 4.34. The fourth-order valence-electron chi connectivity index (χ4n) is 3.22. The van der Waals surface area contributed by atoms with E-state index in [4.69, 9.17) is 0 Å². The number of hydrogen-bond acceptors (Lipinski definition) is 0. The average molecular weight is 408 g/mol. The molecule has 1 atom stereocenters. The predicted molar refractivity (Wildman–Crippen MR) is 97.3 cm³/mol. The molecule has 0 heterocycles. The summed E-state index contributed by atoms with van der Waals surface area (Å²) in [6, 6.07) is 15.8. The summed E-state index contributed by atoms with van der Waals surface area (Å²) in [6.07, 6.45) is 6.18. The van der Waals surface area contributed by atoms with E-state index in [1.807, 2.05) is 0 Å². The highest BCUT2D eigenvalue weighted by molar-refractivity contribution is 9.10. The van der Waals surface area contributed by atoms with E-state index in [1.165, 1.54) is 30.4 Å². The van der Waals surface area contributed by atoms with Crippen LogP contribution in [0, 0.1) is 5.92 Å². The first kappa shape index (κ1) is 15.3. The molecule has 0 aromatic heterocycles. The first-order chi connectivity index (χ1) is 10.2. The molecule has 1 aliphatic carbocycles. The zero-order valence-electron chi connectivity index (χ0n) is 12.1. The lowest BCUT2D eigenvalue weighted by Crippen LogP contribution is -2.10. The van der Waals surface area contributed by atoms with Crippen LogP contribution in [0.1, 0.15) is 28.7 Å². The van der Waals surface area contributed by atoms with Crippen molar-refractivity contribution < 1.29 is 0 Å². The van der Waals surface area contributed by atoms with Crippen molar-refractivity contribution in [3.63, 3.8) is 0 Å². The minimum Gasteiger partial charge on any atom is -0.0925 e. The Balaban J connectivity index is 1.68. The van der Waals surface area contributed by atoms with Crippen LogP contribution in [-0.2, 0) is 25.7 Å². The normalized spacial score (nSPS) is 15.0. The molecule has 3 rings (SSSR count). The monoisotopic (exact) mass is 406 g/mol. The van der Waals surface area contributed by atoms with Crippen LogP contribution in [0.3, 0.4) is 0 Å². The van der Waals surface area contributed by atoms with Crippen molar-refractivity contribution in [2.45, 2.75) is 32.1 Å². The summed E-state index contributed by atoms with van der Waals surface area (Å²) in [5, 5.41) is 1.06. The Labute approximate surface area is 144 Å². The molecule has 110 valence electrons. The van der Waals surface area contributed by atoms with Gasteiger partial charge in [0.2, 0.25) is 0 Å². The van der Waals surface area contributed by atoms with Crippen LogP contribution >= 0.6 is 31.9 Å². The quantitative estimate of drug-likeness (QED) is 0.554. The van der Waals surface area contributed by atoms with Gasteiger partial charge in [0.1, 0.15) is 0 Å². The molecule has 0 radical (unpaired) electrons. The molecule has 0 nitrogen and oxygen atoms in total. The van der Waals surface area contributed by atoms with Gasteiger partial charge in [0.15, 0.2) is 0 Å². The molecule has 2 aromatic rings. The molecule has 0 saturated heterocycles. The van der Waals surface area contributed by atoms with E-state index in [9.17, 15) is 0 Å². The van der Waals surface area contributed by atoms with Gasteiger partial charge in [-0.25, -0.2) is 0 Å². The second-order valence-electron chi connectivity index (χ2n) is 6.01. The summed E-state index contributed by atoms with van der Waals surface area (Å²) in [6.45, 7) is 0. The maximum absolute atomic E-state index is 3.70. The smallest absolute Gasteiger partial charge is 0.0175 e. The van der Waals surface area contributed by atoms with Crippen molar-refractivity contribution in [2.24, 2.45) is 5.92 Å². The van der Waals surface area contributed by atoms with E-state index in [0.717, 1.165) is 22.6 Å². The average Bonchev–Trinajstić information content (AvgIpc) is 2.96. The molecule has 21 heavy (non-hydrogen) atoms. The number of fused-ring (bicyclic) bond motifs is 1. The largest absolute Gasteiger partial charge is 0.0925 e. The number of hydrogen-bond donors (Lipinski definition) is 0. The zero-order chi connectivity index (χ0) is 14.7. The second-order valence-corrected chi connectivity index (χ2v) is 7.57. The first-order valence-corrected chi connectivity index (χ1v) is 9.57. The van der Waals surface area contributed by atoms with Gasteiger partial charge in [0.05, 0.1) is 0 Å². The molecular formula is C19H20Br2. The van der Waals surface area contributed by atoms with Crippen LogP contribution in [0.4, 0.5) is 0 Å². The predicted octanol–water partition coefficient (Wildman–Crippen LogP) is 5.73. The van der Waals surface area contributed by atoms with Gasteiger partial charge in [-0.3, -0.25) is 0 Å². The summed E-state index contributed by atoms with van der Waals surface area (Å²) in [5.41, 5.74) is 6.08. The SMILES string of the molecule is BrCC(Cc1ccc(Br)cc1)Cc1ccc2c(c1)CCC2. The number of rotatable bonds is 5. The molecule has 0 amide bonds. The van der Waals surface area contributed by atoms with E-state index in [2.05, 4.69) is 74.3 Å². The Morgan fingerprint density at radius 1 is 0.857 bits per heavy atom. The fraction of sp³-hybridized carbons (Fsp3) is 0.368. The van der Waals surface area contributed by atoms with E-state index in [0.29, 0.717) is 5.92 Å². The third-order valence-corrected chi connectivity index (χ3v) is 5.79. The Morgan fingerprint density at radius 3 is 2.29 bits per heavy atom. The molecule has 1 aliphatic rings. The van der Waals surface area contributed by atoms with E-state index in [-0.39, 0.29) is 0 Å². The van der Waals surface area contributed by atoms with Gasteiger partial charge < -0.3 is 0 Å². The summed E-state index contributed by atoms with van der Waals surface area (Å²) in [5.74, 6) is 0.658. The number of aryl methyl sites for hydroxylation is 2. The lowest BCUT2D eigenvalue weighted by molar-refractivity contribution is 0.591. The first-order valence-electron chi connectivity index (χ1n) is 7.65. The zero-order valence-corrected chi connectivity index (χ0v) is 15.3. The van der Waals surface area contributed by atoms with Crippen molar-refractivity contribution in [2.75, 3.05) is 5.33 Å². The summed E-state index contributed by atoms with van der Waals surface area (Å²) >= 11 is 7.20. The minimum absolute atomic E-state index is 0.658. The van der Waals surface area contributed by atoms with E-state index in [1.54, 1.807) is 11.1 Å². The fourth-order valence-corrected chi connectivity index (χ4v) is 3.94. The van der Waals surface area contributed by atoms with Crippen LogP contribution in [0.25, 0.3) is 0 Å². The maximum Gasteiger partial charge on any atom is 0.0175 e. The molecular weight excluding hydrogens is 388 g/mol. The number of alkyl halides is 1. The number of halogens is 2. The lowest BCUT2D eigenvalue weighted by atomic mass is 9.93. The molecule has 0 N–H and O–H groups in total. The van der Waals surface area contributed by atoms with Gasteiger partial charge in [0.25, 0.3) is 0 Å². The Bertz CT molecular complexity index is 601. The highest BCUT2D eigenvalue weighted by Crippen LogP contribution is 2.25. The van der Waals surface area contributed by atoms with E-state index < -0.39 is 0 Å². The Kier molecular flexibility index (Phi) is 5.18. The van der Waals surface area contributed by atoms with Crippen LogP contribution in [0.15, 0.2) is 46.9 Å². The highest BCUT2D eigenvalue weighted by Gasteiger charge is 2.14. The Hall–Kier alpha value is -0.600. The highest BCUT2D eigenvalue weighted by atomic mass is 79.9. The Morgan fingerprint density at radius 2 is 1.52 bits per heavy atom. The number of benzene rings is 2. The van der Waals surface area contributed by atoms with Crippen LogP contribution < -0.4 is 0 Å². The van der Waals surface area contributed by atoms with Gasteiger partial charge in [-0.2, -0.15) is 0 Å². The van der Waals surface area contributed by atoms with Gasteiger partial charge in [0, 0.05) is 9.80 Å². The van der Waals surface area contributed by atoms with Crippen molar-refractivity contribution in [1.82, 2.24) is 0 Å². The van der Waals surface area contributed by atoms with Gasteiger partial charge >= 0.3 is 0 Å². The minimum atomic E-state index is 0.658. The molecule has 2 aromatic carbocycles. The second kappa shape index (κ2) is 7.11. The summed E-state index contributed by atoms with van der Waals surface area (Å²) in [4.78, 5) is 0. The van der Waals surface area contributed by atoms with Gasteiger partial charge in [-0.05, 0) is 72.4 Å². The molecule has 0 fully saturated rings. The molecule has 1 unspecified atom stereocenters. The van der Waals surface area contributed by atoms with Crippen LogP contribution in [-0.4, -0.2) is 5.33 Å². The van der Waals surface area contributed by atoms with Crippen LogP contribution in [0.5, 0.6) is 0 Å². The summed E-state index contributed by atoms with van der Waals surface area (Å²) in [7, 11) is 0. The van der Waals surface area contributed by atoms with Crippen LogP contribution in [0.2, 0.25) is 0 Å². The molecule has 0 saturated carbocycles. The standard InChI is InChI=1S/C19H20Br2/c20-13-16(10-14-5-8-19(21)9-6-14)11-15-4-7-17-2-1-3-18(17)12-15/h4-9,12,16H,1-3,10-11,13H2. The third kappa shape index (κ3) is 3.98. The lowest BCUT2D eigenvalue weighted by Gasteiger charge is -2.15. The van der Waals surface area contributed by atoms with E-state index >= 15 is 0 Å². The maximum atomic E-state index is 3.70. The van der Waals surface area contributed by atoms with Gasteiger partial charge in [-0.15, -0.1) is 0 Å². The van der Waals surface area contributed by atoms with Gasteiger partial charge in [-0.1, -0.05) is 62.2 Å². The summed E-state index contributed by atoms with van der Waals surface area (Å²) < 4.78 is 1.15. The molecule has 2 heteroatoms. The van der Waals surface area contributed by atoms with Crippen molar-refractivity contribution in [3.8, 4) is 0 Å². The van der Waals surface area contributed by atoms with Crippen molar-refractivity contribution >= 4 is 31.9 Å². The molecule has 0 aliphatic heterocycles. The van der Waals surface area contributed by atoms with Crippen molar-refractivity contribution in [1.29, 1.82) is 0 Å². The molecule has 0 spiro atoms. The topological polar surface area (TPSA) is 0 Å². The molecule has 0 bridgehead atoms.